The minimum atomic E-state index is -0.0891. The summed E-state index contributed by atoms with van der Waals surface area (Å²) in [4.78, 5) is 4.53. The van der Waals surface area contributed by atoms with E-state index in [-0.39, 0.29) is 6.61 Å². The van der Waals surface area contributed by atoms with Crippen molar-refractivity contribution >= 4 is 23.4 Å². The van der Waals surface area contributed by atoms with Crippen LogP contribution in [0.3, 0.4) is 0 Å². The summed E-state index contributed by atoms with van der Waals surface area (Å²) < 4.78 is 12.7. The van der Waals surface area contributed by atoms with E-state index in [1.165, 1.54) is 0 Å². The van der Waals surface area contributed by atoms with Crippen LogP contribution >= 0.6 is 23.4 Å². The minimum absolute atomic E-state index is 0.0891. The summed E-state index contributed by atoms with van der Waals surface area (Å²) in [6, 6.07) is 13.5. The Morgan fingerprint density at radius 3 is 2.30 bits per heavy atom. The van der Waals surface area contributed by atoms with Gasteiger partial charge in [-0.05, 0) is 35.4 Å². The molecule has 1 aromatic heterocycles. The molecule has 0 saturated heterocycles. The Kier molecular flexibility index (Phi) is 6.66. The van der Waals surface area contributed by atoms with Gasteiger partial charge in [-0.3, -0.25) is 0 Å². The van der Waals surface area contributed by atoms with Crippen molar-refractivity contribution in [3.63, 3.8) is 0 Å². The van der Waals surface area contributed by atoms with Crippen LogP contribution in [0.4, 0.5) is 0 Å². The van der Waals surface area contributed by atoms with Gasteiger partial charge in [-0.1, -0.05) is 35.5 Å². The molecule has 0 atom stereocenters. The van der Waals surface area contributed by atoms with E-state index < -0.39 is 0 Å². The van der Waals surface area contributed by atoms with Crippen molar-refractivity contribution in [3.05, 3.63) is 70.5 Å². The number of aromatic nitrogens is 2. The lowest BCUT2D eigenvalue weighted by Crippen LogP contribution is -2.00. The molecule has 3 rings (SSSR count). The van der Waals surface area contributed by atoms with Crippen molar-refractivity contribution in [3.8, 4) is 11.5 Å². The molecule has 0 spiro atoms. The zero-order valence-corrected chi connectivity index (χ0v) is 16.8. The van der Waals surface area contributed by atoms with Gasteiger partial charge in [0.2, 0.25) is 0 Å². The van der Waals surface area contributed by atoms with Gasteiger partial charge in [0, 0.05) is 29.6 Å². The number of thioether (sulfide) groups is 1. The van der Waals surface area contributed by atoms with Crippen LogP contribution in [0, 0.1) is 0 Å². The molecule has 5 nitrogen and oxygen atoms in total. The van der Waals surface area contributed by atoms with Crippen LogP contribution in [0.1, 0.15) is 16.8 Å². The predicted octanol–water partition coefficient (Wildman–Crippen LogP) is 4.39. The van der Waals surface area contributed by atoms with E-state index in [9.17, 15) is 5.11 Å². The highest BCUT2D eigenvalue weighted by molar-refractivity contribution is 7.98. The lowest BCUT2D eigenvalue weighted by Gasteiger charge is -2.10. The summed E-state index contributed by atoms with van der Waals surface area (Å²) in [6.07, 6.45) is 1.88. The molecule has 0 bridgehead atoms. The molecule has 2 aromatic carbocycles. The Bertz CT molecular complexity index is 874. The van der Waals surface area contributed by atoms with Crippen molar-refractivity contribution < 1.29 is 14.6 Å². The number of benzene rings is 2. The molecule has 0 fully saturated rings. The van der Waals surface area contributed by atoms with Crippen molar-refractivity contribution in [2.24, 2.45) is 0 Å². The molecule has 0 unspecified atom stereocenters. The van der Waals surface area contributed by atoms with Gasteiger partial charge in [0.25, 0.3) is 0 Å². The third kappa shape index (κ3) is 5.19. The second-order valence-corrected chi connectivity index (χ2v) is 7.32. The topological polar surface area (TPSA) is 56.5 Å². The second-order valence-electron chi connectivity index (χ2n) is 5.94. The highest BCUT2D eigenvalue weighted by Gasteiger charge is 2.11. The van der Waals surface area contributed by atoms with Crippen LogP contribution in [0.2, 0.25) is 5.02 Å². The molecule has 0 aliphatic carbocycles. The fourth-order valence-electron chi connectivity index (χ4n) is 2.64. The molecule has 3 aromatic rings. The molecule has 142 valence electrons. The van der Waals surface area contributed by atoms with Crippen molar-refractivity contribution in [2.75, 3.05) is 14.2 Å². The third-order valence-electron chi connectivity index (χ3n) is 4.00. The number of nitrogens with zero attached hydrogens (tertiary/aromatic N) is 2. The second kappa shape index (κ2) is 9.17. The Labute approximate surface area is 167 Å². The van der Waals surface area contributed by atoms with Gasteiger partial charge in [-0.25, -0.2) is 4.98 Å². The average molecular weight is 405 g/mol. The summed E-state index contributed by atoms with van der Waals surface area (Å²) >= 11 is 7.56. The highest BCUT2D eigenvalue weighted by Crippen LogP contribution is 2.28. The van der Waals surface area contributed by atoms with E-state index in [4.69, 9.17) is 21.1 Å². The first-order chi connectivity index (χ1) is 13.1. The fraction of sp³-hybridized carbons (Fsp3) is 0.250. The normalized spacial score (nSPS) is 10.8. The Morgan fingerprint density at radius 1 is 1.04 bits per heavy atom. The number of aliphatic hydroxyl groups excluding tert-OH is 1. The van der Waals surface area contributed by atoms with Crippen LogP contribution in [0.5, 0.6) is 11.5 Å². The van der Waals surface area contributed by atoms with Gasteiger partial charge < -0.3 is 19.1 Å². The van der Waals surface area contributed by atoms with Crippen LogP contribution in [0.25, 0.3) is 0 Å². The number of methoxy groups -OCH3 is 2. The predicted molar refractivity (Wildman–Crippen MR) is 108 cm³/mol. The van der Waals surface area contributed by atoms with Crippen LogP contribution in [-0.2, 0) is 18.9 Å². The number of hydrogen-bond acceptors (Lipinski definition) is 5. The van der Waals surface area contributed by atoms with Gasteiger partial charge in [-0.2, -0.15) is 0 Å². The maximum atomic E-state index is 9.46. The molecular weight excluding hydrogens is 384 g/mol. The maximum absolute atomic E-state index is 9.46. The molecule has 0 aliphatic heterocycles. The number of halogens is 1. The molecule has 0 radical (unpaired) electrons. The lowest BCUT2D eigenvalue weighted by molar-refractivity contribution is 0.277. The smallest absolute Gasteiger partial charge is 0.168 e. The first kappa shape index (κ1) is 19.6. The SMILES string of the molecule is COc1cc(CSc2nc(CO)cn2Cc2ccc(Cl)cc2)cc(OC)c1. The fourth-order valence-corrected chi connectivity index (χ4v) is 3.69. The number of imidazole rings is 1. The molecule has 0 amide bonds. The Hall–Kier alpha value is -2.15. The van der Waals surface area contributed by atoms with E-state index >= 15 is 0 Å². The standard InChI is InChI=1S/C20H21ClN2O3S/c1-25-18-7-15(8-19(9-18)26-2)13-27-20-22-17(12-24)11-23(20)10-14-3-5-16(21)6-4-14/h3-9,11,24H,10,12-13H2,1-2H3. The van der Waals surface area contributed by atoms with Crippen LogP contribution in [-0.4, -0.2) is 28.9 Å². The number of rotatable bonds is 8. The van der Waals surface area contributed by atoms with Crippen LogP contribution in [0.15, 0.2) is 53.8 Å². The van der Waals surface area contributed by atoms with Crippen molar-refractivity contribution in [1.82, 2.24) is 9.55 Å². The Balaban J connectivity index is 1.78. The zero-order valence-electron chi connectivity index (χ0n) is 15.2. The van der Waals surface area contributed by atoms with Gasteiger partial charge in [0.15, 0.2) is 5.16 Å². The van der Waals surface area contributed by atoms with Gasteiger partial charge >= 0.3 is 0 Å². The molecule has 1 heterocycles. The van der Waals surface area contributed by atoms with E-state index in [2.05, 4.69) is 4.98 Å². The summed E-state index contributed by atoms with van der Waals surface area (Å²) in [5.74, 6) is 2.21. The molecule has 0 saturated carbocycles. The summed E-state index contributed by atoms with van der Waals surface area (Å²) in [6.45, 7) is 0.572. The minimum Gasteiger partial charge on any atom is -0.497 e. The summed E-state index contributed by atoms with van der Waals surface area (Å²) in [5.41, 5.74) is 2.84. The molecule has 0 aliphatic rings. The quantitative estimate of drug-likeness (QED) is 0.564. The van der Waals surface area contributed by atoms with E-state index in [1.807, 2.05) is 53.2 Å². The van der Waals surface area contributed by atoms with Gasteiger partial charge in [-0.15, -0.1) is 0 Å². The zero-order chi connectivity index (χ0) is 19.2. The number of hydrogen-bond donors (Lipinski definition) is 1. The van der Waals surface area contributed by atoms with Crippen molar-refractivity contribution in [2.45, 2.75) is 24.1 Å². The third-order valence-corrected chi connectivity index (χ3v) is 5.31. The molecule has 1 N–H and O–H groups in total. The van der Waals surface area contributed by atoms with E-state index in [1.54, 1.807) is 26.0 Å². The van der Waals surface area contributed by atoms with Crippen molar-refractivity contribution in [1.29, 1.82) is 0 Å². The molecular formula is C20H21ClN2O3S. The average Bonchev–Trinajstić information content (AvgIpc) is 3.09. The molecule has 7 heteroatoms. The Morgan fingerprint density at radius 2 is 1.70 bits per heavy atom. The number of ether oxygens (including phenoxy) is 2. The number of aliphatic hydroxyl groups is 1. The summed E-state index contributed by atoms with van der Waals surface area (Å²) in [5, 5.41) is 11.0. The van der Waals surface area contributed by atoms with Gasteiger partial charge in [0.05, 0.1) is 26.5 Å². The summed E-state index contributed by atoms with van der Waals surface area (Å²) in [7, 11) is 3.27. The monoisotopic (exact) mass is 404 g/mol. The van der Waals surface area contributed by atoms with E-state index in [0.717, 1.165) is 27.8 Å². The van der Waals surface area contributed by atoms with Crippen LogP contribution < -0.4 is 9.47 Å². The largest absolute Gasteiger partial charge is 0.497 e. The first-order valence-electron chi connectivity index (χ1n) is 8.37. The van der Waals surface area contributed by atoms with E-state index in [0.29, 0.717) is 23.0 Å². The molecule has 27 heavy (non-hydrogen) atoms. The lowest BCUT2D eigenvalue weighted by atomic mass is 10.2. The first-order valence-corrected chi connectivity index (χ1v) is 9.73. The maximum Gasteiger partial charge on any atom is 0.168 e. The highest BCUT2D eigenvalue weighted by atomic mass is 35.5. The van der Waals surface area contributed by atoms with Gasteiger partial charge in [0.1, 0.15) is 11.5 Å².